The van der Waals surface area contributed by atoms with E-state index in [9.17, 15) is 9.90 Å². The van der Waals surface area contributed by atoms with E-state index < -0.39 is 6.10 Å². The van der Waals surface area contributed by atoms with Gasteiger partial charge in [-0.15, -0.1) is 0 Å². The van der Waals surface area contributed by atoms with E-state index in [0.29, 0.717) is 25.4 Å². The first-order valence-corrected chi connectivity index (χ1v) is 10.2. The Hall–Kier alpha value is -3.09. The molecule has 0 unspecified atom stereocenters. The second kappa shape index (κ2) is 9.61. The van der Waals surface area contributed by atoms with Crippen molar-refractivity contribution < 1.29 is 19.1 Å². The van der Waals surface area contributed by atoms with E-state index in [2.05, 4.69) is 17.0 Å². The van der Waals surface area contributed by atoms with E-state index in [0.717, 1.165) is 30.0 Å². The minimum atomic E-state index is -0.592. The van der Waals surface area contributed by atoms with Gasteiger partial charge in [-0.1, -0.05) is 42.5 Å². The van der Waals surface area contributed by atoms with Crippen molar-refractivity contribution in [2.24, 2.45) is 0 Å². The van der Waals surface area contributed by atoms with Crippen LogP contribution in [0.5, 0.6) is 5.75 Å². The number of carbonyl (C=O) groups is 1. The van der Waals surface area contributed by atoms with Gasteiger partial charge < -0.3 is 19.2 Å². The lowest BCUT2D eigenvalue weighted by Gasteiger charge is -2.35. The molecule has 4 rings (SSSR count). The highest BCUT2D eigenvalue weighted by atomic mass is 16.5. The fourth-order valence-electron chi connectivity index (χ4n) is 3.61. The Balaban J connectivity index is 1.20. The van der Waals surface area contributed by atoms with Crippen LogP contribution in [-0.4, -0.2) is 66.2 Å². The van der Waals surface area contributed by atoms with Crippen molar-refractivity contribution in [2.45, 2.75) is 6.10 Å². The molecule has 6 heteroatoms. The van der Waals surface area contributed by atoms with Crippen molar-refractivity contribution in [3.63, 3.8) is 0 Å². The molecule has 0 radical (unpaired) electrons. The second-order valence-corrected chi connectivity index (χ2v) is 7.43. The quantitative estimate of drug-likeness (QED) is 0.653. The van der Waals surface area contributed by atoms with Crippen molar-refractivity contribution in [2.75, 3.05) is 39.3 Å². The van der Waals surface area contributed by atoms with Crippen molar-refractivity contribution in [1.29, 1.82) is 0 Å². The van der Waals surface area contributed by atoms with Crippen LogP contribution < -0.4 is 4.74 Å². The molecule has 30 heavy (non-hydrogen) atoms. The zero-order chi connectivity index (χ0) is 20.8. The number of nitrogens with zero attached hydrogens (tertiary/aromatic N) is 2. The first-order chi connectivity index (χ1) is 14.7. The molecule has 2 aromatic carbocycles. The Labute approximate surface area is 176 Å². The van der Waals surface area contributed by atoms with E-state index in [1.807, 2.05) is 42.5 Å². The Kier molecular flexibility index (Phi) is 6.47. The monoisotopic (exact) mass is 406 g/mol. The summed E-state index contributed by atoms with van der Waals surface area (Å²) in [7, 11) is 0. The molecule has 0 bridgehead atoms. The highest BCUT2D eigenvalue weighted by molar-refractivity contribution is 5.91. The number of β-amino-alcohol motifs (C(OH)–C–C–N with tert-alkyl or cyclic N) is 1. The van der Waals surface area contributed by atoms with Crippen molar-refractivity contribution >= 4 is 5.91 Å². The molecule has 0 spiro atoms. The summed E-state index contributed by atoms with van der Waals surface area (Å²) in [5.41, 5.74) is 2.29. The Bertz CT molecular complexity index is 918. The number of aliphatic hydroxyl groups excluding tert-OH is 1. The lowest BCUT2D eigenvalue weighted by atomic mass is 10.1. The number of piperazine rings is 1. The first-order valence-electron chi connectivity index (χ1n) is 10.2. The van der Waals surface area contributed by atoms with Crippen LogP contribution in [0.2, 0.25) is 0 Å². The molecule has 1 aromatic heterocycles. The van der Waals surface area contributed by atoms with Crippen LogP contribution in [0.3, 0.4) is 0 Å². The van der Waals surface area contributed by atoms with Crippen LogP contribution in [0.15, 0.2) is 77.4 Å². The number of benzene rings is 2. The summed E-state index contributed by atoms with van der Waals surface area (Å²) in [5.74, 6) is 1.03. The van der Waals surface area contributed by atoms with E-state index in [1.54, 1.807) is 17.0 Å². The van der Waals surface area contributed by atoms with E-state index in [1.165, 1.54) is 6.26 Å². The molecule has 1 N–H and O–H groups in total. The van der Waals surface area contributed by atoms with Gasteiger partial charge in [0.25, 0.3) is 5.91 Å². The Morgan fingerprint density at radius 1 is 0.933 bits per heavy atom. The second-order valence-electron chi connectivity index (χ2n) is 7.43. The molecule has 0 aliphatic carbocycles. The number of furan rings is 1. The molecule has 6 nitrogen and oxygen atoms in total. The van der Waals surface area contributed by atoms with Gasteiger partial charge >= 0.3 is 0 Å². The van der Waals surface area contributed by atoms with Crippen molar-refractivity contribution in [1.82, 2.24) is 9.80 Å². The first kappa shape index (κ1) is 20.2. The van der Waals surface area contributed by atoms with Gasteiger partial charge in [-0.3, -0.25) is 9.69 Å². The summed E-state index contributed by atoms with van der Waals surface area (Å²) in [4.78, 5) is 16.2. The van der Waals surface area contributed by atoms with Crippen LogP contribution in [0.1, 0.15) is 10.6 Å². The summed E-state index contributed by atoms with van der Waals surface area (Å²) in [6.45, 7) is 3.42. The topological polar surface area (TPSA) is 66.2 Å². The molecule has 1 atom stereocenters. The zero-order valence-electron chi connectivity index (χ0n) is 16.8. The smallest absolute Gasteiger partial charge is 0.289 e. The SMILES string of the molecule is O=C(c1ccco1)N1CCN(C[C@H](O)COc2ccc(-c3ccccc3)cc2)CC1. The maximum absolute atomic E-state index is 12.3. The average Bonchev–Trinajstić information content (AvgIpc) is 3.34. The number of ether oxygens (including phenoxy) is 1. The predicted octanol–water partition coefficient (Wildman–Crippen LogP) is 3.14. The van der Waals surface area contributed by atoms with Crippen LogP contribution in [0.25, 0.3) is 11.1 Å². The molecule has 1 saturated heterocycles. The van der Waals surface area contributed by atoms with E-state index >= 15 is 0 Å². The van der Waals surface area contributed by atoms with Crippen molar-refractivity contribution in [3.05, 3.63) is 78.8 Å². The molecule has 3 aromatic rings. The summed E-state index contributed by atoms with van der Waals surface area (Å²) in [6, 6.07) is 21.5. The van der Waals surface area contributed by atoms with Gasteiger partial charge in [0.15, 0.2) is 5.76 Å². The maximum Gasteiger partial charge on any atom is 0.289 e. The summed E-state index contributed by atoms with van der Waals surface area (Å²) in [5, 5.41) is 10.4. The summed E-state index contributed by atoms with van der Waals surface area (Å²) in [6.07, 6.45) is 0.917. The highest BCUT2D eigenvalue weighted by Gasteiger charge is 2.24. The van der Waals surface area contributed by atoms with Crippen LogP contribution in [0.4, 0.5) is 0 Å². The largest absolute Gasteiger partial charge is 0.491 e. The van der Waals surface area contributed by atoms with E-state index in [-0.39, 0.29) is 12.5 Å². The molecule has 1 aliphatic heterocycles. The normalized spacial score (nSPS) is 15.7. The number of hydrogen-bond acceptors (Lipinski definition) is 5. The molecule has 1 fully saturated rings. The third-order valence-corrected chi connectivity index (χ3v) is 5.26. The Morgan fingerprint density at radius 3 is 2.30 bits per heavy atom. The fraction of sp³-hybridized carbons (Fsp3) is 0.292. The predicted molar refractivity (Wildman–Crippen MR) is 114 cm³/mol. The van der Waals surface area contributed by atoms with Gasteiger partial charge in [-0.2, -0.15) is 0 Å². The average molecular weight is 406 g/mol. The Morgan fingerprint density at radius 2 is 1.63 bits per heavy atom. The molecule has 0 saturated carbocycles. The summed E-state index contributed by atoms with van der Waals surface area (Å²) < 4.78 is 10.9. The van der Waals surface area contributed by atoms with Crippen LogP contribution in [0, 0.1) is 0 Å². The highest BCUT2D eigenvalue weighted by Crippen LogP contribution is 2.22. The fourth-order valence-corrected chi connectivity index (χ4v) is 3.61. The number of rotatable bonds is 7. The van der Waals surface area contributed by atoms with E-state index in [4.69, 9.17) is 9.15 Å². The summed E-state index contributed by atoms with van der Waals surface area (Å²) >= 11 is 0. The lowest BCUT2D eigenvalue weighted by molar-refractivity contribution is 0.0389. The maximum atomic E-state index is 12.3. The van der Waals surface area contributed by atoms with Gasteiger partial charge in [-0.05, 0) is 35.4 Å². The van der Waals surface area contributed by atoms with Gasteiger partial charge in [0.2, 0.25) is 0 Å². The van der Waals surface area contributed by atoms with Gasteiger partial charge in [0, 0.05) is 32.7 Å². The number of carbonyl (C=O) groups excluding carboxylic acids is 1. The van der Waals surface area contributed by atoms with Gasteiger partial charge in [0.05, 0.1) is 6.26 Å². The molecule has 156 valence electrons. The van der Waals surface area contributed by atoms with Crippen LogP contribution in [-0.2, 0) is 0 Å². The number of amides is 1. The van der Waals surface area contributed by atoms with Gasteiger partial charge in [0.1, 0.15) is 18.5 Å². The van der Waals surface area contributed by atoms with Crippen LogP contribution >= 0.6 is 0 Å². The molecule has 1 amide bonds. The zero-order valence-corrected chi connectivity index (χ0v) is 16.8. The number of hydrogen-bond donors (Lipinski definition) is 1. The van der Waals surface area contributed by atoms with Crippen molar-refractivity contribution in [3.8, 4) is 16.9 Å². The minimum absolute atomic E-state index is 0.0810. The molecule has 1 aliphatic rings. The lowest BCUT2D eigenvalue weighted by Crippen LogP contribution is -2.50. The molecular weight excluding hydrogens is 380 g/mol. The molecular formula is C24H26N2O4. The number of aliphatic hydroxyl groups is 1. The van der Waals surface area contributed by atoms with Gasteiger partial charge in [-0.25, -0.2) is 0 Å². The standard InChI is InChI=1S/C24H26N2O4/c27-21(17-25-12-14-26(15-13-25)24(28)23-7-4-16-29-23)18-30-22-10-8-20(9-11-22)19-5-2-1-3-6-19/h1-11,16,21,27H,12-15,17-18H2/t21-/m0/s1. The minimum Gasteiger partial charge on any atom is -0.491 e. The third kappa shape index (κ3) is 5.09. The third-order valence-electron chi connectivity index (χ3n) is 5.26. The molecule has 2 heterocycles.